The van der Waals surface area contributed by atoms with Crippen LogP contribution >= 0.6 is 23.1 Å². The summed E-state index contributed by atoms with van der Waals surface area (Å²) in [6.07, 6.45) is 0. The van der Waals surface area contributed by atoms with Gasteiger partial charge < -0.3 is 21.5 Å². The second-order valence-electron chi connectivity index (χ2n) is 4.49. The third-order valence-corrected chi connectivity index (χ3v) is 4.65. The van der Waals surface area contributed by atoms with Crippen LogP contribution in [0.2, 0.25) is 0 Å². The van der Waals surface area contributed by atoms with Gasteiger partial charge in [0, 0.05) is 11.8 Å². The SMILES string of the molecule is COc1cccc(Nc2nc(N)nc(CSc3nnc(N)s3)n2)c1. The van der Waals surface area contributed by atoms with E-state index >= 15 is 0 Å². The van der Waals surface area contributed by atoms with Gasteiger partial charge in [-0.1, -0.05) is 29.2 Å². The number of methoxy groups -OCH3 is 1. The van der Waals surface area contributed by atoms with Gasteiger partial charge in [-0.05, 0) is 12.1 Å². The van der Waals surface area contributed by atoms with Gasteiger partial charge in [0.1, 0.15) is 11.6 Å². The summed E-state index contributed by atoms with van der Waals surface area (Å²) in [6.45, 7) is 0. The Labute approximate surface area is 145 Å². The molecule has 0 atom stereocenters. The van der Waals surface area contributed by atoms with Crippen molar-refractivity contribution < 1.29 is 4.74 Å². The first kappa shape index (κ1) is 16.2. The number of thioether (sulfide) groups is 1. The smallest absolute Gasteiger partial charge is 0.232 e. The number of nitrogens with zero attached hydrogens (tertiary/aromatic N) is 5. The molecule has 0 spiro atoms. The van der Waals surface area contributed by atoms with Crippen molar-refractivity contribution >= 4 is 45.8 Å². The van der Waals surface area contributed by atoms with E-state index in [1.165, 1.54) is 23.1 Å². The quantitative estimate of drug-likeness (QED) is 0.557. The minimum atomic E-state index is 0.141. The number of aromatic nitrogens is 5. The number of hydrogen-bond acceptors (Lipinski definition) is 11. The highest BCUT2D eigenvalue weighted by atomic mass is 32.2. The Morgan fingerprint density at radius 1 is 1.21 bits per heavy atom. The molecule has 0 fully saturated rings. The largest absolute Gasteiger partial charge is 0.497 e. The fraction of sp³-hybridized carbons (Fsp3) is 0.154. The molecular weight excluding hydrogens is 348 g/mol. The second-order valence-corrected chi connectivity index (χ2v) is 6.72. The van der Waals surface area contributed by atoms with Gasteiger partial charge in [-0.15, -0.1) is 10.2 Å². The van der Waals surface area contributed by atoms with Crippen molar-refractivity contribution in [2.75, 3.05) is 23.9 Å². The molecule has 2 heterocycles. The molecule has 0 aliphatic heterocycles. The zero-order valence-electron chi connectivity index (χ0n) is 12.6. The van der Waals surface area contributed by atoms with Crippen LogP contribution in [-0.2, 0) is 5.75 Å². The van der Waals surface area contributed by atoms with E-state index in [2.05, 4.69) is 30.5 Å². The minimum Gasteiger partial charge on any atom is -0.497 e. The Balaban J connectivity index is 1.73. The fourth-order valence-corrected chi connectivity index (χ4v) is 3.28. The van der Waals surface area contributed by atoms with Crippen LogP contribution in [0.1, 0.15) is 5.82 Å². The molecule has 124 valence electrons. The zero-order chi connectivity index (χ0) is 16.9. The Bertz CT molecular complexity index is 840. The summed E-state index contributed by atoms with van der Waals surface area (Å²) >= 11 is 2.74. The minimum absolute atomic E-state index is 0.141. The molecule has 0 amide bonds. The molecule has 3 aromatic rings. The number of nitrogens with one attached hydrogen (secondary N) is 1. The molecular formula is C13H14N8OS2. The summed E-state index contributed by atoms with van der Waals surface area (Å²) in [5, 5.41) is 11.2. The van der Waals surface area contributed by atoms with Gasteiger partial charge in [0.05, 0.1) is 12.9 Å². The highest BCUT2D eigenvalue weighted by Gasteiger charge is 2.08. The van der Waals surface area contributed by atoms with E-state index in [4.69, 9.17) is 16.2 Å². The van der Waals surface area contributed by atoms with Crippen molar-refractivity contribution in [1.29, 1.82) is 0 Å². The molecule has 0 bridgehead atoms. The van der Waals surface area contributed by atoms with Crippen molar-refractivity contribution in [2.24, 2.45) is 0 Å². The standard InChI is InChI=1S/C13H14N8OS2/c1-22-8-4-2-3-7(5-8)16-12-18-9(17-10(14)19-12)6-23-13-21-20-11(15)24-13/h2-5H,6H2,1H3,(H2,15,20)(H3,14,16,17,18,19). The summed E-state index contributed by atoms with van der Waals surface area (Å²) in [6, 6.07) is 7.42. The average molecular weight is 362 g/mol. The summed E-state index contributed by atoms with van der Waals surface area (Å²) in [5.74, 6) is 2.25. The van der Waals surface area contributed by atoms with Crippen LogP contribution in [0.3, 0.4) is 0 Å². The summed E-state index contributed by atoms with van der Waals surface area (Å²) in [5.41, 5.74) is 12.1. The van der Waals surface area contributed by atoms with E-state index in [0.717, 1.165) is 15.8 Å². The molecule has 0 aliphatic rings. The maximum Gasteiger partial charge on any atom is 0.232 e. The van der Waals surface area contributed by atoms with E-state index in [0.29, 0.717) is 22.7 Å². The summed E-state index contributed by atoms with van der Waals surface area (Å²) in [7, 11) is 1.61. The van der Waals surface area contributed by atoms with Gasteiger partial charge in [0.2, 0.25) is 17.0 Å². The molecule has 0 unspecified atom stereocenters. The monoisotopic (exact) mass is 362 g/mol. The third kappa shape index (κ3) is 4.20. The molecule has 11 heteroatoms. The number of benzene rings is 1. The highest BCUT2D eigenvalue weighted by molar-refractivity contribution is 8.00. The molecule has 0 saturated heterocycles. The van der Waals surface area contributed by atoms with Crippen LogP contribution in [0.4, 0.5) is 22.7 Å². The van der Waals surface area contributed by atoms with Crippen LogP contribution in [0.5, 0.6) is 5.75 Å². The molecule has 0 saturated carbocycles. The van der Waals surface area contributed by atoms with E-state index in [1.54, 1.807) is 7.11 Å². The molecule has 3 rings (SSSR count). The van der Waals surface area contributed by atoms with Crippen LogP contribution < -0.4 is 21.5 Å². The number of ether oxygens (including phenoxy) is 1. The van der Waals surface area contributed by atoms with Gasteiger partial charge in [0.25, 0.3) is 0 Å². The normalized spacial score (nSPS) is 10.5. The van der Waals surface area contributed by atoms with Crippen molar-refractivity contribution in [3.05, 3.63) is 30.1 Å². The Hall–Kier alpha value is -2.66. The van der Waals surface area contributed by atoms with E-state index in [9.17, 15) is 0 Å². The van der Waals surface area contributed by atoms with E-state index < -0.39 is 0 Å². The Morgan fingerprint density at radius 3 is 2.83 bits per heavy atom. The summed E-state index contributed by atoms with van der Waals surface area (Å²) < 4.78 is 5.93. The molecule has 1 aromatic carbocycles. The van der Waals surface area contributed by atoms with Crippen LogP contribution in [0, 0.1) is 0 Å². The highest BCUT2D eigenvalue weighted by Crippen LogP contribution is 2.26. The maximum atomic E-state index is 5.76. The van der Waals surface area contributed by atoms with Crippen LogP contribution in [0.25, 0.3) is 0 Å². The topological polar surface area (TPSA) is 138 Å². The first-order chi connectivity index (χ1) is 11.6. The maximum absolute atomic E-state index is 5.76. The number of nitrogen functional groups attached to an aromatic ring is 2. The molecule has 5 N–H and O–H groups in total. The number of anilines is 4. The van der Waals surface area contributed by atoms with Gasteiger partial charge in [-0.25, -0.2) is 0 Å². The fourth-order valence-electron chi connectivity index (χ4n) is 1.79. The average Bonchev–Trinajstić information content (AvgIpc) is 2.98. The Kier molecular flexibility index (Phi) is 4.91. The summed E-state index contributed by atoms with van der Waals surface area (Å²) in [4.78, 5) is 12.6. The molecule has 0 radical (unpaired) electrons. The Morgan fingerprint density at radius 2 is 2.08 bits per heavy atom. The zero-order valence-corrected chi connectivity index (χ0v) is 14.3. The lowest BCUT2D eigenvalue weighted by Crippen LogP contribution is -2.06. The first-order valence-corrected chi connectivity index (χ1v) is 8.56. The lowest BCUT2D eigenvalue weighted by molar-refractivity contribution is 0.415. The third-order valence-electron chi connectivity index (χ3n) is 2.77. The predicted octanol–water partition coefficient (Wildman–Crippen LogP) is 1.93. The first-order valence-electron chi connectivity index (χ1n) is 6.75. The molecule has 0 aliphatic carbocycles. The molecule has 9 nitrogen and oxygen atoms in total. The van der Waals surface area contributed by atoms with E-state index in [-0.39, 0.29) is 5.95 Å². The lowest BCUT2D eigenvalue weighted by Gasteiger charge is -2.08. The van der Waals surface area contributed by atoms with Crippen LogP contribution in [0.15, 0.2) is 28.6 Å². The molecule has 2 aromatic heterocycles. The van der Waals surface area contributed by atoms with Gasteiger partial charge in [-0.2, -0.15) is 15.0 Å². The number of nitrogens with two attached hydrogens (primary N) is 2. The second kappa shape index (κ2) is 7.27. The van der Waals surface area contributed by atoms with Gasteiger partial charge in [-0.3, -0.25) is 0 Å². The van der Waals surface area contributed by atoms with Gasteiger partial charge in [0.15, 0.2) is 4.34 Å². The van der Waals surface area contributed by atoms with Gasteiger partial charge >= 0.3 is 0 Å². The van der Waals surface area contributed by atoms with Crippen molar-refractivity contribution in [1.82, 2.24) is 25.1 Å². The number of hydrogen-bond donors (Lipinski definition) is 3. The number of rotatable bonds is 6. The van der Waals surface area contributed by atoms with Crippen LogP contribution in [-0.4, -0.2) is 32.3 Å². The molecule has 24 heavy (non-hydrogen) atoms. The lowest BCUT2D eigenvalue weighted by atomic mass is 10.3. The van der Waals surface area contributed by atoms with E-state index in [1.807, 2.05) is 24.3 Å². The predicted molar refractivity (Wildman–Crippen MR) is 94.4 cm³/mol. The van der Waals surface area contributed by atoms with Crippen molar-refractivity contribution in [2.45, 2.75) is 10.1 Å². The van der Waals surface area contributed by atoms with Crippen molar-refractivity contribution in [3.63, 3.8) is 0 Å². The van der Waals surface area contributed by atoms with Crippen molar-refractivity contribution in [3.8, 4) is 5.75 Å².